The third kappa shape index (κ3) is 2.84. The maximum absolute atomic E-state index is 11.7. The third-order valence-corrected chi connectivity index (χ3v) is 2.39. The van der Waals surface area contributed by atoms with E-state index in [1.807, 2.05) is 13.0 Å². The van der Waals surface area contributed by atoms with Crippen LogP contribution in [0.4, 0.5) is 11.4 Å². The van der Waals surface area contributed by atoms with Crippen LogP contribution in [0.5, 0.6) is 0 Å². The summed E-state index contributed by atoms with van der Waals surface area (Å²) < 4.78 is 1.64. The smallest absolute Gasteiger partial charge is 0.246 e. The predicted octanol–water partition coefficient (Wildman–Crippen LogP) is 1.41. The number of carbonyl (C=O) groups is 1. The molecule has 88 valence electrons. The van der Waals surface area contributed by atoms with Crippen LogP contribution in [0.15, 0.2) is 36.5 Å². The Hall–Kier alpha value is -2.30. The number of nitrogens with zero attached hydrogens (tertiary/aromatic N) is 2. The molecule has 1 aromatic heterocycles. The zero-order chi connectivity index (χ0) is 12.3. The third-order valence-electron chi connectivity index (χ3n) is 2.39. The summed E-state index contributed by atoms with van der Waals surface area (Å²) in [6.07, 6.45) is 1.67. The Balaban J connectivity index is 2.01. The molecule has 0 saturated heterocycles. The summed E-state index contributed by atoms with van der Waals surface area (Å²) in [4.78, 5) is 11.7. The predicted molar refractivity (Wildman–Crippen MR) is 66.4 cm³/mol. The van der Waals surface area contributed by atoms with Crippen LogP contribution in [0.1, 0.15) is 5.69 Å². The normalized spacial score (nSPS) is 10.2. The van der Waals surface area contributed by atoms with E-state index in [0.29, 0.717) is 11.4 Å². The van der Waals surface area contributed by atoms with Gasteiger partial charge in [0.05, 0.1) is 0 Å². The van der Waals surface area contributed by atoms with Crippen LogP contribution in [-0.2, 0) is 11.3 Å². The summed E-state index contributed by atoms with van der Waals surface area (Å²) in [5.41, 5.74) is 7.89. The second kappa shape index (κ2) is 4.69. The topological polar surface area (TPSA) is 72.9 Å². The van der Waals surface area contributed by atoms with Crippen molar-refractivity contribution in [3.05, 3.63) is 42.2 Å². The van der Waals surface area contributed by atoms with Crippen LogP contribution in [0.2, 0.25) is 0 Å². The Bertz CT molecular complexity index is 533. The highest BCUT2D eigenvalue weighted by molar-refractivity contribution is 5.90. The van der Waals surface area contributed by atoms with Gasteiger partial charge >= 0.3 is 0 Å². The van der Waals surface area contributed by atoms with Gasteiger partial charge in [-0.2, -0.15) is 5.10 Å². The molecule has 0 saturated carbocycles. The molecule has 0 aliphatic heterocycles. The van der Waals surface area contributed by atoms with Crippen molar-refractivity contribution in [1.29, 1.82) is 0 Å². The highest BCUT2D eigenvalue weighted by Crippen LogP contribution is 2.11. The number of aromatic nitrogens is 2. The molecule has 0 fully saturated rings. The molecule has 0 bridgehead atoms. The number of nitrogen functional groups attached to an aromatic ring is 1. The van der Waals surface area contributed by atoms with Crippen molar-refractivity contribution in [2.45, 2.75) is 13.5 Å². The van der Waals surface area contributed by atoms with Gasteiger partial charge in [-0.25, -0.2) is 0 Å². The van der Waals surface area contributed by atoms with Crippen molar-refractivity contribution in [1.82, 2.24) is 9.78 Å². The lowest BCUT2D eigenvalue weighted by molar-refractivity contribution is -0.116. The largest absolute Gasteiger partial charge is 0.399 e. The molecule has 0 spiro atoms. The number of hydrogen-bond acceptors (Lipinski definition) is 3. The Labute approximate surface area is 99.2 Å². The maximum Gasteiger partial charge on any atom is 0.246 e. The van der Waals surface area contributed by atoms with Gasteiger partial charge in [0.25, 0.3) is 0 Å². The van der Waals surface area contributed by atoms with Crippen molar-refractivity contribution in [3.8, 4) is 0 Å². The number of aryl methyl sites for hydroxylation is 1. The van der Waals surface area contributed by atoms with Gasteiger partial charge in [0, 0.05) is 23.3 Å². The summed E-state index contributed by atoms with van der Waals surface area (Å²) in [5, 5.41) is 6.81. The summed E-state index contributed by atoms with van der Waals surface area (Å²) in [5.74, 6) is -0.123. The second-order valence-corrected chi connectivity index (χ2v) is 3.80. The molecule has 5 heteroatoms. The maximum atomic E-state index is 11.7. The van der Waals surface area contributed by atoms with Gasteiger partial charge in [-0.05, 0) is 31.2 Å². The van der Waals surface area contributed by atoms with E-state index < -0.39 is 0 Å². The zero-order valence-corrected chi connectivity index (χ0v) is 9.55. The number of anilines is 2. The Morgan fingerprint density at radius 1 is 1.47 bits per heavy atom. The van der Waals surface area contributed by atoms with Crippen molar-refractivity contribution in [3.63, 3.8) is 0 Å². The zero-order valence-electron chi connectivity index (χ0n) is 9.55. The number of nitrogens with one attached hydrogen (secondary N) is 1. The van der Waals surface area contributed by atoms with Gasteiger partial charge in [0.2, 0.25) is 5.91 Å². The fourth-order valence-corrected chi connectivity index (χ4v) is 1.52. The number of benzene rings is 1. The van der Waals surface area contributed by atoms with E-state index in [-0.39, 0.29) is 12.5 Å². The lowest BCUT2D eigenvalue weighted by atomic mass is 10.3. The number of rotatable bonds is 3. The molecule has 0 unspecified atom stereocenters. The minimum absolute atomic E-state index is 0.123. The number of nitrogens with two attached hydrogens (primary N) is 1. The summed E-state index contributed by atoms with van der Waals surface area (Å²) in [6.45, 7) is 2.11. The molecule has 0 aliphatic rings. The molecule has 1 heterocycles. The van der Waals surface area contributed by atoms with Gasteiger partial charge in [-0.1, -0.05) is 6.07 Å². The van der Waals surface area contributed by atoms with Gasteiger partial charge in [-0.15, -0.1) is 0 Å². The molecule has 5 nitrogen and oxygen atoms in total. The lowest BCUT2D eigenvalue weighted by Crippen LogP contribution is -2.20. The Kier molecular flexibility index (Phi) is 3.09. The van der Waals surface area contributed by atoms with E-state index in [4.69, 9.17) is 5.73 Å². The molecule has 0 aliphatic carbocycles. The first kappa shape index (κ1) is 11.2. The number of carbonyl (C=O) groups excluding carboxylic acids is 1. The highest BCUT2D eigenvalue weighted by Gasteiger charge is 2.05. The lowest BCUT2D eigenvalue weighted by Gasteiger charge is -2.07. The standard InChI is InChI=1S/C12H14N4O/c1-9-5-6-14-16(9)8-12(17)15-11-4-2-3-10(13)7-11/h2-7H,8,13H2,1H3,(H,15,17). The first-order chi connectivity index (χ1) is 8.15. The first-order valence-corrected chi connectivity index (χ1v) is 5.29. The fourth-order valence-electron chi connectivity index (χ4n) is 1.52. The van der Waals surface area contributed by atoms with Crippen molar-refractivity contribution >= 4 is 17.3 Å². The van der Waals surface area contributed by atoms with Gasteiger partial charge in [0.15, 0.2) is 0 Å². The average molecular weight is 230 g/mol. The highest BCUT2D eigenvalue weighted by atomic mass is 16.2. The molecule has 0 radical (unpaired) electrons. The van der Waals surface area contributed by atoms with E-state index in [0.717, 1.165) is 5.69 Å². The number of hydrogen-bond donors (Lipinski definition) is 2. The molecule has 2 rings (SSSR count). The Morgan fingerprint density at radius 3 is 2.94 bits per heavy atom. The van der Waals surface area contributed by atoms with Gasteiger partial charge in [0.1, 0.15) is 6.54 Å². The molecular formula is C12H14N4O. The average Bonchev–Trinajstić information content (AvgIpc) is 2.64. The van der Waals surface area contributed by atoms with E-state index in [1.54, 1.807) is 35.1 Å². The first-order valence-electron chi connectivity index (χ1n) is 5.29. The van der Waals surface area contributed by atoms with E-state index in [1.165, 1.54) is 0 Å². The van der Waals surface area contributed by atoms with Crippen LogP contribution in [-0.4, -0.2) is 15.7 Å². The summed E-state index contributed by atoms with van der Waals surface area (Å²) in [6, 6.07) is 8.93. The second-order valence-electron chi connectivity index (χ2n) is 3.80. The fraction of sp³-hybridized carbons (Fsp3) is 0.167. The molecule has 17 heavy (non-hydrogen) atoms. The van der Waals surface area contributed by atoms with Gasteiger partial charge in [-0.3, -0.25) is 9.48 Å². The minimum Gasteiger partial charge on any atom is -0.399 e. The van der Waals surface area contributed by atoms with Crippen molar-refractivity contribution in [2.75, 3.05) is 11.1 Å². The van der Waals surface area contributed by atoms with Crippen LogP contribution in [0.3, 0.4) is 0 Å². The number of amides is 1. The van der Waals surface area contributed by atoms with Crippen molar-refractivity contribution < 1.29 is 4.79 Å². The monoisotopic (exact) mass is 230 g/mol. The van der Waals surface area contributed by atoms with Crippen LogP contribution >= 0.6 is 0 Å². The quantitative estimate of drug-likeness (QED) is 0.783. The summed E-state index contributed by atoms with van der Waals surface area (Å²) in [7, 11) is 0. The van der Waals surface area contributed by atoms with E-state index in [2.05, 4.69) is 10.4 Å². The van der Waals surface area contributed by atoms with Crippen LogP contribution < -0.4 is 11.1 Å². The van der Waals surface area contributed by atoms with Gasteiger partial charge < -0.3 is 11.1 Å². The molecule has 1 aromatic carbocycles. The summed E-state index contributed by atoms with van der Waals surface area (Å²) >= 11 is 0. The molecular weight excluding hydrogens is 216 g/mol. The van der Waals surface area contributed by atoms with Crippen LogP contribution in [0.25, 0.3) is 0 Å². The van der Waals surface area contributed by atoms with E-state index >= 15 is 0 Å². The molecule has 1 amide bonds. The molecule has 2 aromatic rings. The molecule has 0 atom stereocenters. The Morgan fingerprint density at radius 2 is 2.29 bits per heavy atom. The van der Waals surface area contributed by atoms with Crippen LogP contribution in [0, 0.1) is 6.92 Å². The van der Waals surface area contributed by atoms with E-state index in [9.17, 15) is 4.79 Å². The SMILES string of the molecule is Cc1ccnn1CC(=O)Nc1cccc(N)c1. The minimum atomic E-state index is -0.123. The molecule has 3 N–H and O–H groups in total. The van der Waals surface area contributed by atoms with Crippen molar-refractivity contribution in [2.24, 2.45) is 0 Å².